The predicted octanol–water partition coefficient (Wildman–Crippen LogP) is 3.45. The molecule has 0 saturated carbocycles. The summed E-state index contributed by atoms with van der Waals surface area (Å²) in [6, 6.07) is 4.65. The van der Waals surface area contributed by atoms with Crippen LogP contribution in [0.3, 0.4) is 0 Å². The molecule has 1 atom stereocenters. The van der Waals surface area contributed by atoms with Gasteiger partial charge >= 0.3 is 6.18 Å². The molecule has 1 saturated heterocycles. The highest BCUT2D eigenvalue weighted by molar-refractivity contribution is 8.02. The monoisotopic (exact) mass is 345 g/mol. The summed E-state index contributed by atoms with van der Waals surface area (Å²) in [5.41, 5.74) is 1.36. The lowest BCUT2D eigenvalue weighted by Crippen LogP contribution is -2.28. The SMILES string of the molecule is O=C1[C@@H](Sc2nncs2)CCN1c1ccc(C(F)(F)F)cc1. The zero-order valence-electron chi connectivity index (χ0n) is 11.1. The molecule has 1 aromatic carbocycles. The minimum absolute atomic E-state index is 0.111. The topological polar surface area (TPSA) is 46.1 Å². The van der Waals surface area contributed by atoms with Crippen molar-refractivity contribution >= 4 is 34.7 Å². The molecule has 1 amide bonds. The van der Waals surface area contributed by atoms with Crippen molar-refractivity contribution in [1.29, 1.82) is 0 Å². The Morgan fingerprint density at radius 2 is 2.00 bits per heavy atom. The van der Waals surface area contributed by atoms with Crippen molar-refractivity contribution in [2.75, 3.05) is 11.4 Å². The van der Waals surface area contributed by atoms with Gasteiger partial charge in [-0.25, -0.2) is 0 Å². The van der Waals surface area contributed by atoms with E-state index in [0.29, 0.717) is 23.0 Å². The van der Waals surface area contributed by atoms with E-state index in [4.69, 9.17) is 0 Å². The van der Waals surface area contributed by atoms with E-state index < -0.39 is 11.7 Å². The summed E-state index contributed by atoms with van der Waals surface area (Å²) in [7, 11) is 0. The molecule has 1 aromatic heterocycles. The van der Waals surface area contributed by atoms with Gasteiger partial charge in [-0.05, 0) is 30.7 Å². The van der Waals surface area contributed by atoms with Crippen LogP contribution in [0.4, 0.5) is 18.9 Å². The van der Waals surface area contributed by atoms with E-state index in [1.54, 1.807) is 5.51 Å². The molecule has 0 unspecified atom stereocenters. The van der Waals surface area contributed by atoms with E-state index in [0.717, 1.165) is 12.1 Å². The number of amides is 1. The van der Waals surface area contributed by atoms with Crippen LogP contribution in [0.25, 0.3) is 0 Å². The number of halogens is 3. The fourth-order valence-corrected chi connectivity index (χ4v) is 3.95. The lowest BCUT2D eigenvalue weighted by atomic mass is 10.2. The average molecular weight is 345 g/mol. The van der Waals surface area contributed by atoms with Gasteiger partial charge in [-0.1, -0.05) is 23.1 Å². The summed E-state index contributed by atoms with van der Waals surface area (Å²) >= 11 is 2.70. The van der Waals surface area contributed by atoms with Crippen molar-refractivity contribution in [3.8, 4) is 0 Å². The summed E-state index contributed by atoms with van der Waals surface area (Å²) in [6.45, 7) is 0.487. The third-order valence-electron chi connectivity index (χ3n) is 3.25. The number of benzene rings is 1. The Hall–Kier alpha value is -1.61. The molecule has 1 aliphatic heterocycles. The van der Waals surface area contributed by atoms with E-state index in [1.165, 1.54) is 40.1 Å². The van der Waals surface area contributed by atoms with Gasteiger partial charge in [-0.3, -0.25) is 4.79 Å². The Morgan fingerprint density at radius 1 is 1.27 bits per heavy atom. The van der Waals surface area contributed by atoms with Crippen molar-refractivity contribution in [2.45, 2.75) is 22.2 Å². The standard InChI is InChI=1S/C13H10F3N3OS2/c14-13(15,16)8-1-3-9(4-2-8)19-6-5-10(11(19)20)22-12-18-17-7-21-12/h1-4,7,10H,5-6H2/t10-/m0/s1. The highest BCUT2D eigenvalue weighted by Crippen LogP contribution is 2.35. The van der Waals surface area contributed by atoms with E-state index in [1.807, 2.05) is 0 Å². The van der Waals surface area contributed by atoms with E-state index in [2.05, 4.69) is 10.2 Å². The van der Waals surface area contributed by atoms with Crippen molar-refractivity contribution in [3.05, 3.63) is 35.3 Å². The number of aromatic nitrogens is 2. The first-order valence-electron chi connectivity index (χ1n) is 6.36. The molecule has 2 heterocycles. The van der Waals surface area contributed by atoms with E-state index in [-0.39, 0.29) is 11.2 Å². The van der Waals surface area contributed by atoms with Gasteiger partial charge in [0.1, 0.15) is 5.51 Å². The maximum absolute atomic E-state index is 12.6. The van der Waals surface area contributed by atoms with Crippen LogP contribution >= 0.6 is 23.1 Å². The molecule has 4 nitrogen and oxygen atoms in total. The van der Waals surface area contributed by atoms with Gasteiger partial charge in [0, 0.05) is 12.2 Å². The number of carbonyl (C=O) groups is 1. The van der Waals surface area contributed by atoms with Gasteiger partial charge in [0.15, 0.2) is 4.34 Å². The lowest BCUT2D eigenvalue weighted by molar-refractivity contribution is -0.137. The molecule has 1 aliphatic rings. The molecule has 0 aliphatic carbocycles. The highest BCUT2D eigenvalue weighted by Gasteiger charge is 2.35. The van der Waals surface area contributed by atoms with Crippen LogP contribution in [-0.2, 0) is 11.0 Å². The number of thioether (sulfide) groups is 1. The molecule has 0 spiro atoms. The highest BCUT2D eigenvalue weighted by atomic mass is 32.2. The van der Waals surface area contributed by atoms with Crippen molar-refractivity contribution < 1.29 is 18.0 Å². The number of alkyl halides is 3. The van der Waals surface area contributed by atoms with Gasteiger partial charge in [0.25, 0.3) is 0 Å². The van der Waals surface area contributed by atoms with Gasteiger partial charge in [-0.15, -0.1) is 10.2 Å². The first-order chi connectivity index (χ1) is 10.4. The summed E-state index contributed by atoms with van der Waals surface area (Å²) < 4.78 is 38.4. The largest absolute Gasteiger partial charge is 0.416 e. The van der Waals surface area contributed by atoms with Crippen molar-refractivity contribution in [2.24, 2.45) is 0 Å². The summed E-state index contributed by atoms with van der Waals surface area (Å²) in [5.74, 6) is -0.111. The third-order valence-corrected chi connectivity index (χ3v) is 5.31. The number of carbonyl (C=O) groups excluding carboxylic acids is 1. The number of hydrogen-bond acceptors (Lipinski definition) is 5. The third kappa shape index (κ3) is 3.09. The first-order valence-corrected chi connectivity index (χ1v) is 8.12. The smallest absolute Gasteiger partial charge is 0.311 e. The predicted molar refractivity (Wildman–Crippen MR) is 78.0 cm³/mol. The maximum Gasteiger partial charge on any atom is 0.416 e. The van der Waals surface area contributed by atoms with Crippen LogP contribution in [0.1, 0.15) is 12.0 Å². The average Bonchev–Trinajstić information content (AvgIpc) is 3.10. The van der Waals surface area contributed by atoms with Crippen LogP contribution in [0.15, 0.2) is 34.1 Å². The zero-order valence-corrected chi connectivity index (χ0v) is 12.7. The van der Waals surface area contributed by atoms with Crippen LogP contribution in [0.5, 0.6) is 0 Å². The molecular formula is C13H10F3N3OS2. The van der Waals surface area contributed by atoms with Crippen molar-refractivity contribution in [3.63, 3.8) is 0 Å². The van der Waals surface area contributed by atoms with E-state index in [9.17, 15) is 18.0 Å². The minimum Gasteiger partial charge on any atom is -0.311 e. The van der Waals surface area contributed by atoms with Crippen LogP contribution in [-0.4, -0.2) is 27.9 Å². The number of rotatable bonds is 3. The first kappa shape index (κ1) is 15.3. The van der Waals surface area contributed by atoms with Crippen LogP contribution in [0, 0.1) is 0 Å². The summed E-state index contributed by atoms with van der Waals surface area (Å²) in [4.78, 5) is 13.9. The molecule has 0 radical (unpaired) electrons. The molecule has 3 rings (SSSR count). The fourth-order valence-electron chi connectivity index (χ4n) is 2.19. The molecule has 1 fully saturated rings. The molecule has 0 N–H and O–H groups in total. The van der Waals surface area contributed by atoms with Crippen molar-refractivity contribution in [1.82, 2.24) is 10.2 Å². The van der Waals surface area contributed by atoms with Crippen LogP contribution < -0.4 is 4.90 Å². The maximum atomic E-state index is 12.6. The molecule has 9 heteroatoms. The number of hydrogen-bond donors (Lipinski definition) is 0. The van der Waals surface area contributed by atoms with Gasteiger partial charge in [-0.2, -0.15) is 13.2 Å². The normalized spacial score (nSPS) is 19.0. The Morgan fingerprint density at radius 3 is 2.59 bits per heavy atom. The van der Waals surface area contributed by atoms with Crippen LogP contribution in [0.2, 0.25) is 0 Å². The lowest BCUT2D eigenvalue weighted by Gasteiger charge is -2.17. The zero-order chi connectivity index (χ0) is 15.7. The number of anilines is 1. The Labute approximate surface area is 132 Å². The molecular weight excluding hydrogens is 335 g/mol. The number of nitrogens with zero attached hydrogens (tertiary/aromatic N) is 3. The fraction of sp³-hybridized carbons (Fsp3) is 0.308. The molecule has 2 aromatic rings. The molecule has 116 valence electrons. The minimum atomic E-state index is -4.37. The molecule has 0 bridgehead atoms. The van der Waals surface area contributed by atoms with Gasteiger partial charge in [0.05, 0.1) is 10.8 Å². The van der Waals surface area contributed by atoms with E-state index >= 15 is 0 Å². The molecule has 22 heavy (non-hydrogen) atoms. The summed E-state index contributed by atoms with van der Waals surface area (Å²) in [5, 5.41) is 7.33. The summed E-state index contributed by atoms with van der Waals surface area (Å²) in [6.07, 6.45) is -3.74. The second-order valence-electron chi connectivity index (χ2n) is 4.63. The Balaban J connectivity index is 1.72. The quantitative estimate of drug-likeness (QED) is 0.855. The second-order valence-corrected chi connectivity index (χ2v) is 6.92. The van der Waals surface area contributed by atoms with Gasteiger partial charge < -0.3 is 4.90 Å². The Bertz CT molecular complexity index is 658. The second kappa shape index (κ2) is 5.88. The van der Waals surface area contributed by atoms with Gasteiger partial charge in [0.2, 0.25) is 5.91 Å². The Kier molecular flexibility index (Phi) is 4.09.